The Balaban J connectivity index is 1.03. The second-order valence-electron chi connectivity index (χ2n) is 15.3. The summed E-state index contributed by atoms with van der Waals surface area (Å²) in [5, 5.41) is 7.80. The number of fused-ring (bicyclic) bond motifs is 9. The summed E-state index contributed by atoms with van der Waals surface area (Å²) in [4.78, 5) is 2.45. The smallest absolute Gasteiger partial charge is 0.0543 e. The van der Waals surface area contributed by atoms with E-state index in [0.717, 1.165) is 11.4 Å². The van der Waals surface area contributed by atoms with Crippen LogP contribution in [0.3, 0.4) is 0 Å². The zero-order chi connectivity index (χ0) is 36.7. The van der Waals surface area contributed by atoms with Crippen molar-refractivity contribution in [3.63, 3.8) is 0 Å². The number of hydrogen-bond donors (Lipinski definition) is 0. The van der Waals surface area contributed by atoms with Crippen molar-refractivity contribution in [1.29, 1.82) is 0 Å². The molecular formula is C53H37NS. The van der Waals surface area contributed by atoms with Gasteiger partial charge in [-0.3, -0.25) is 0 Å². The third-order valence-corrected chi connectivity index (χ3v) is 13.1. The quantitative estimate of drug-likeness (QED) is 0.171. The van der Waals surface area contributed by atoms with Crippen LogP contribution in [0.25, 0.3) is 75.1 Å². The lowest BCUT2D eigenvalue weighted by atomic mass is 9.82. The maximum absolute atomic E-state index is 2.45. The third kappa shape index (κ3) is 4.99. The summed E-state index contributed by atoms with van der Waals surface area (Å²) in [5.74, 6) is 0. The predicted molar refractivity (Wildman–Crippen MR) is 237 cm³/mol. The molecule has 0 aliphatic heterocycles. The number of thiophene rings is 1. The first-order chi connectivity index (χ1) is 27.0. The highest BCUT2D eigenvalue weighted by atomic mass is 32.1. The lowest BCUT2D eigenvalue weighted by Gasteiger charge is -2.29. The Hall–Kier alpha value is -6.48. The third-order valence-electron chi connectivity index (χ3n) is 11.9. The number of nitrogens with zero attached hydrogens (tertiary/aromatic N) is 1. The standard InChI is InChI=1S/C53H37NS/c1-53(2)47-17-7-5-15-46(47)51-48(53)18-10-19-49(51)54(40-29-23-36(24-30-40)42-16-9-12-35-11-3-4-13-41(35)42)39-27-21-34(22-28-39)37-25-31-43-38(33-37)26-32-45-44-14-6-8-20-50(44)55-52(43)45/h3-33H,1-2H3. The molecule has 55 heavy (non-hydrogen) atoms. The van der Waals surface area contributed by atoms with E-state index in [1.54, 1.807) is 0 Å². The molecule has 0 N–H and O–H groups in total. The van der Waals surface area contributed by atoms with Gasteiger partial charge in [0.15, 0.2) is 0 Å². The summed E-state index contributed by atoms with van der Waals surface area (Å²) in [6.45, 7) is 4.71. The molecule has 0 bridgehead atoms. The van der Waals surface area contributed by atoms with E-state index < -0.39 is 0 Å². The van der Waals surface area contributed by atoms with Crippen LogP contribution in [0.4, 0.5) is 17.1 Å². The first kappa shape index (κ1) is 32.0. The Labute approximate surface area is 325 Å². The zero-order valence-electron chi connectivity index (χ0n) is 30.8. The molecule has 11 rings (SSSR count). The largest absolute Gasteiger partial charge is 0.310 e. The minimum absolute atomic E-state index is 0.0901. The topological polar surface area (TPSA) is 3.24 Å². The first-order valence-electron chi connectivity index (χ1n) is 19.1. The number of benzene rings is 9. The van der Waals surface area contributed by atoms with Gasteiger partial charge in [0.05, 0.1) is 5.69 Å². The van der Waals surface area contributed by atoms with Crippen LogP contribution in [-0.4, -0.2) is 0 Å². The van der Waals surface area contributed by atoms with E-state index in [2.05, 4.69) is 207 Å². The first-order valence-corrected chi connectivity index (χ1v) is 19.9. The molecule has 1 aliphatic rings. The molecule has 0 amide bonds. The van der Waals surface area contributed by atoms with Crippen LogP contribution < -0.4 is 4.90 Å². The minimum atomic E-state index is -0.0901. The Morgan fingerprint density at radius 2 is 1.04 bits per heavy atom. The van der Waals surface area contributed by atoms with Gasteiger partial charge in [0.2, 0.25) is 0 Å². The van der Waals surface area contributed by atoms with Crippen LogP contribution >= 0.6 is 11.3 Å². The van der Waals surface area contributed by atoms with Gasteiger partial charge in [-0.15, -0.1) is 11.3 Å². The van der Waals surface area contributed by atoms with Crippen molar-refractivity contribution in [1.82, 2.24) is 0 Å². The van der Waals surface area contributed by atoms with Crippen molar-refractivity contribution in [2.24, 2.45) is 0 Å². The molecule has 1 heterocycles. The predicted octanol–water partition coefficient (Wildman–Crippen LogP) is 15.5. The Bertz CT molecular complexity index is 3110. The van der Waals surface area contributed by atoms with Crippen molar-refractivity contribution in [2.75, 3.05) is 4.90 Å². The molecule has 10 aromatic rings. The van der Waals surface area contributed by atoms with Gasteiger partial charge in [-0.25, -0.2) is 0 Å². The van der Waals surface area contributed by atoms with E-state index in [1.807, 2.05) is 11.3 Å². The van der Waals surface area contributed by atoms with E-state index in [4.69, 9.17) is 0 Å². The van der Waals surface area contributed by atoms with Gasteiger partial charge in [0.25, 0.3) is 0 Å². The molecule has 1 aliphatic carbocycles. The molecule has 0 spiro atoms. The van der Waals surface area contributed by atoms with E-state index in [0.29, 0.717) is 0 Å². The van der Waals surface area contributed by atoms with Gasteiger partial charge in [-0.2, -0.15) is 0 Å². The molecular weight excluding hydrogens is 683 g/mol. The van der Waals surface area contributed by atoms with Crippen LogP contribution in [-0.2, 0) is 5.41 Å². The maximum atomic E-state index is 2.45. The fraction of sp³-hybridized carbons (Fsp3) is 0.0566. The molecule has 0 fully saturated rings. The van der Waals surface area contributed by atoms with Gasteiger partial charge >= 0.3 is 0 Å². The lowest BCUT2D eigenvalue weighted by Crippen LogP contribution is -2.16. The van der Waals surface area contributed by atoms with Gasteiger partial charge < -0.3 is 4.90 Å². The van der Waals surface area contributed by atoms with Crippen LogP contribution in [0.5, 0.6) is 0 Å². The number of hydrogen-bond acceptors (Lipinski definition) is 2. The van der Waals surface area contributed by atoms with Gasteiger partial charge in [0.1, 0.15) is 0 Å². The Morgan fingerprint density at radius 1 is 0.418 bits per heavy atom. The maximum Gasteiger partial charge on any atom is 0.0543 e. The molecule has 0 saturated carbocycles. The summed E-state index contributed by atoms with van der Waals surface area (Å²) >= 11 is 1.89. The highest BCUT2D eigenvalue weighted by Gasteiger charge is 2.37. The summed E-state index contributed by atoms with van der Waals surface area (Å²) in [6.07, 6.45) is 0. The molecule has 0 atom stereocenters. The number of anilines is 3. The van der Waals surface area contributed by atoms with Crippen molar-refractivity contribution in [3.8, 4) is 33.4 Å². The Kier molecular flexibility index (Phi) is 7.14. The van der Waals surface area contributed by atoms with Crippen LogP contribution in [0.1, 0.15) is 25.0 Å². The fourth-order valence-electron chi connectivity index (χ4n) is 9.11. The highest BCUT2D eigenvalue weighted by Crippen LogP contribution is 2.54. The molecule has 9 aromatic carbocycles. The second kappa shape index (κ2) is 12.3. The molecule has 1 nitrogen and oxygen atoms in total. The highest BCUT2D eigenvalue weighted by molar-refractivity contribution is 7.26. The van der Waals surface area contributed by atoms with Crippen molar-refractivity contribution >= 4 is 70.1 Å². The van der Waals surface area contributed by atoms with E-state index in [1.165, 1.54) is 91.9 Å². The average Bonchev–Trinajstić information content (AvgIpc) is 3.74. The number of rotatable bonds is 5. The lowest BCUT2D eigenvalue weighted by molar-refractivity contribution is 0.660. The van der Waals surface area contributed by atoms with Gasteiger partial charge in [-0.05, 0) is 103 Å². The van der Waals surface area contributed by atoms with E-state index >= 15 is 0 Å². The van der Waals surface area contributed by atoms with Crippen molar-refractivity contribution in [3.05, 3.63) is 199 Å². The molecule has 0 saturated heterocycles. The average molecular weight is 720 g/mol. The molecule has 0 radical (unpaired) electrons. The molecule has 1 aromatic heterocycles. The summed E-state index contributed by atoms with van der Waals surface area (Å²) < 4.78 is 2.70. The second-order valence-corrected chi connectivity index (χ2v) is 16.4. The minimum Gasteiger partial charge on any atom is -0.310 e. The summed E-state index contributed by atoms with van der Waals surface area (Å²) in [7, 11) is 0. The SMILES string of the molecule is CC1(C)c2ccccc2-c2c(N(c3ccc(-c4ccc5c(ccc6c7ccccc7sc56)c4)cc3)c3ccc(-c4cccc5ccccc45)cc3)cccc21. The van der Waals surface area contributed by atoms with Crippen molar-refractivity contribution < 1.29 is 0 Å². The molecule has 2 heteroatoms. The normalized spacial score (nSPS) is 13.1. The Morgan fingerprint density at radius 3 is 1.87 bits per heavy atom. The zero-order valence-corrected chi connectivity index (χ0v) is 31.6. The van der Waals surface area contributed by atoms with Gasteiger partial charge in [0, 0.05) is 42.5 Å². The summed E-state index contributed by atoms with van der Waals surface area (Å²) in [6, 6.07) is 69.6. The van der Waals surface area contributed by atoms with Crippen LogP contribution in [0, 0.1) is 0 Å². The summed E-state index contributed by atoms with van der Waals surface area (Å²) in [5.41, 5.74) is 13.6. The van der Waals surface area contributed by atoms with Crippen molar-refractivity contribution in [2.45, 2.75) is 19.3 Å². The van der Waals surface area contributed by atoms with Gasteiger partial charge in [-0.1, -0.05) is 159 Å². The van der Waals surface area contributed by atoms with Crippen LogP contribution in [0.15, 0.2) is 188 Å². The molecule has 0 unspecified atom stereocenters. The van der Waals surface area contributed by atoms with E-state index in [-0.39, 0.29) is 5.41 Å². The monoisotopic (exact) mass is 719 g/mol. The fourth-order valence-corrected chi connectivity index (χ4v) is 10.3. The van der Waals surface area contributed by atoms with Crippen LogP contribution in [0.2, 0.25) is 0 Å². The van der Waals surface area contributed by atoms with E-state index in [9.17, 15) is 0 Å². The molecule has 260 valence electrons.